The van der Waals surface area contributed by atoms with Crippen molar-refractivity contribution in [2.45, 2.75) is 12.5 Å². The number of benzene rings is 1. The second-order valence-electron chi connectivity index (χ2n) is 4.17. The van der Waals surface area contributed by atoms with Crippen LogP contribution >= 0.6 is 7.14 Å². The molecule has 0 spiro atoms. The van der Waals surface area contributed by atoms with Crippen molar-refractivity contribution in [3.05, 3.63) is 29.8 Å². The van der Waals surface area contributed by atoms with Crippen LogP contribution in [0.2, 0.25) is 0 Å². The van der Waals surface area contributed by atoms with Crippen LogP contribution in [0.3, 0.4) is 0 Å². The third-order valence-corrected chi connectivity index (χ3v) is 3.87. The second kappa shape index (κ2) is 4.81. The summed E-state index contributed by atoms with van der Waals surface area (Å²) in [5, 5.41) is 9.45. The van der Waals surface area contributed by atoms with E-state index in [1.165, 1.54) is 0 Å². The molecule has 5 heteroatoms. The lowest BCUT2D eigenvalue weighted by atomic mass is 10.1. The lowest BCUT2D eigenvalue weighted by molar-refractivity contribution is -0.138. The summed E-state index contributed by atoms with van der Waals surface area (Å²) in [4.78, 5) is 10.6. The summed E-state index contributed by atoms with van der Waals surface area (Å²) in [6, 6.07) is 6.20. The van der Waals surface area contributed by atoms with E-state index in [9.17, 15) is 9.36 Å². The Morgan fingerprint density at radius 3 is 2.25 bits per heavy atom. The Morgan fingerprint density at radius 1 is 1.38 bits per heavy atom. The topological polar surface area (TPSA) is 80.4 Å². The highest BCUT2D eigenvalue weighted by Crippen LogP contribution is 2.34. The van der Waals surface area contributed by atoms with Gasteiger partial charge in [-0.05, 0) is 25.3 Å². The summed E-state index contributed by atoms with van der Waals surface area (Å²) in [6.07, 6.45) is 0.285. The van der Waals surface area contributed by atoms with E-state index in [-0.39, 0.29) is 6.42 Å². The highest BCUT2D eigenvalue weighted by molar-refractivity contribution is 7.70. The van der Waals surface area contributed by atoms with Crippen LogP contribution in [0.1, 0.15) is 5.56 Å². The van der Waals surface area contributed by atoms with Gasteiger partial charge in [-0.1, -0.05) is 24.3 Å². The number of rotatable bonds is 4. The molecular formula is C11H16NO3P. The fourth-order valence-electron chi connectivity index (χ4n) is 1.33. The quantitative estimate of drug-likeness (QED) is 0.767. The number of aliphatic carboxylic acids is 1. The lowest BCUT2D eigenvalue weighted by Crippen LogP contribution is -2.32. The molecule has 0 saturated heterocycles. The van der Waals surface area contributed by atoms with Gasteiger partial charge in [0.05, 0.1) is 0 Å². The van der Waals surface area contributed by atoms with E-state index in [0.29, 0.717) is 0 Å². The maximum Gasteiger partial charge on any atom is 0.320 e. The minimum absolute atomic E-state index is 0.285. The molecule has 3 N–H and O–H groups in total. The zero-order chi connectivity index (χ0) is 12.3. The molecule has 4 nitrogen and oxygen atoms in total. The Bertz CT molecular complexity index is 421. The number of carboxylic acid groups (broad SMARTS) is 1. The van der Waals surface area contributed by atoms with Gasteiger partial charge in [-0.2, -0.15) is 0 Å². The van der Waals surface area contributed by atoms with Crippen LogP contribution in [-0.4, -0.2) is 30.4 Å². The molecule has 16 heavy (non-hydrogen) atoms. The van der Waals surface area contributed by atoms with Crippen molar-refractivity contribution < 1.29 is 14.5 Å². The number of carbonyl (C=O) groups is 1. The Balaban J connectivity index is 2.80. The van der Waals surface area contributed by atoms with Gasteiger partial charge in [0.25, 0.3) is 0 Å². The van der Waals surface area contributed by atoms with E-state index in [4.69, 9.17) is 10.8 Å². The van der Waals surface area contributed by atoms with Crippen molar-refractivity contribution >= 4 is 18.4 Å². The van der Waals surface area contributed by atoms with Crippen molar-refractivity contribution in [3.63, 3.8) is 0 Å². The molecule has 88 valence electrons. The van der Waals surface area contributed by atoms with Crippen molar-refractivity contribution in [1.29, 1.82) is 0 Å². The summed E-state index contributed by atoms with van der Waals surface area (Å²) < 4.78 is 11.7. The third kappa shape index (κ3) is 3.47. The average Bonchev–Trinajstić information content (AvgIpc) is 2.17. The molecule has 0 aliphatic carbocycles. The van der Waals surface area contributed by atoms with Gasteiger partial charge in [0.2, 0.25) is 0 Å². The first-order valence-corrected chi connectivity index (χ1v) is 7.53. The maximum atomic E-state index is 11.7. The van der Waals surface area contributed by atoms with Crippen LogP contribution in [0.5, 0.6) is 0 Å². The van der Waals surface area contributed by atoms with E-state index >= 15 is 0 Å². The maximum absolute atomic E-state index is 11.7. The molecule has 0 saturated carbocycles. The molecular weight excluding hydrogens is 225 g/mol. The van der Waals surface area contributed by atoms with Crippen LogP contribution in [0.25, 0.3) is 0 Å². The summed E-state index contributed by atoms with van der Waals surface area (Å²) in [5.74, 6) is -1.01. The van der Waals surface area contributed by atoms with E-state index in [1.54, 1.807) is 37.6 Å². The molecule has 0 unspecified atom stereocenters. The van der Waals surface area contributed by atoms with E-state index in [0.717, 1.165) is 10.9 Å². The van der Waals surface area contributed by atoms with Gasteiger partial charge in [-0.15, -0.1) is 0 Å². The van der Waals surface area contributed by atoms with Crippen molar-refractivity contribution in [3.8, 4) is 0 Å². The van der Waals surface area contributed by atoms with E-state index in [2.05, 4.69) is 0 Å². The third-order valence-electron chi connectivity index (χ3n) is 2.33. The van der Waals surface area contributed by atoms with Gasteiger partial charge < -0.3 is 15.4 Å². The molecule has 0 radical (unpaired) electrons. The summed E-state index contributed by atoms with van der Waals surface area (Å²) >= 11 is 0. The SMILES string of the molecule is CP(C)(=O)c1ccc(C[C@H](N)C(=O)O)cc1. The number of nitrogens with two attached hydrogens (primary N) is 1. The van der Waals surface area contributed by atoms with E-state index in [1.807, 2.05) is 0 Å². The van der Waals surface area contributed by atoms with Crippen LogP contribution in [0.15, 0.2) is 24.3 Å². The van der Waals surface area contributed by atoms with Gasteiger partial charge in [-0.3, -0.25) is 4.79 Å². The first-order valence-electron chi connectivity index (χ1n) is 4.93. The zero-order valence-electron chi connectivity index (χ0n) is 9.38. The largest absolute Gasteiger partial charge is 0.480 e. The normalized spacial score (nSPS) is 13.4. The Hall–Kier alpha value is -1.12. The van der Waals surface area contributed by atoms with Gasteiger partial charge in [-0.25, -0.2) is 0 Å². The van der Waals surface area contributed by atoms with Crippen molar-refractivity contribution in [2.24, 2.45) is 5.73 Å². The minimum atomic E-state index is -2.24. The predicted octanol–water partition coefficient (Wildman–Crippen LogP) is 0.889. The minimum Gasteiger partial charge on any atom is -0.480 e. The first-order chi connectivity index (χ1) is 7.30. The highest BCUT2D eigenvalue weighted by atomic mass is 31.2. The molecule has 0 aliphatic heterocycles. The number of hydrogen-bond acceptors (Lipinski definition) is 3. The Morgan fingerprint density at radius 2 is 1.88 bits per heavy atom. The van der Waals surface area contributed by atoms with E-state index < -0.39 is 19.2 Å². The highest BCUT2D eigenvalue weighted by Gasteiger charge is 2.13. The second-order valence-corrected chi connectivity index (χ2v) is 7.38. The molecule has 1 rings (SSSR count). The van der Waals surface area contributed by atoms with Gasteiger partial charge in [0.15, 0.2) is 0 Å². The number of hydrogen-bond donors (Lipinski definition) is 2. The van der Waals surface area contributed by atoms with Crippen molar-refractivity contribution in [1.82, 2.24) is 0 Å². The standard InChI is InChI=1S/C11H16NO3P/c1-16(2,15)9-5-3-8(4-6-9)7-10(12)11(13)14/h3-6,10H,7,12H2,1-2H3,(H,13,14)/t10-/m0/s1. The van der Waals surface area contributed by atoms with Crippen LogP contribution in [0, 0.1) is 0 Å². The predicted molar refractivity (Wildman–Crippen MR) is 64.8 cm³/mol. The van der Waals surface area contributed by atoms with Crippen LogP contribution in [0.4, 0.5) is 0 Å². The molecule has 0 amide bonds. The molecule has 1 aromatic carbocycles. The first kappa shape index (κ1) is 12.9. The van der Waals surface area contributed by atoms with Crippen LogP contribution < -0.4 is 11.0 Å². The fraction of sp³-hybridized carbons (Fsp3) is 0.364. The average molecular weight is 241 g/mol. The summed E-state index contributed by atoms with van der Waals surface area (Å²) in [5.41, 5.74) is 6.26. The molecule has 0 heterocycles. The fourth-order valence-corrected chi connectivity index (χ4v) is 2.20. The Labute approximate surface area is 94.8 Å². The smallest absolute Gasteiger partial charge is 0.320 e. The Kier molecular flexibility index (Phi) is 3.89. The van der Waals surface area contributed by atoms with Gasteiger partial charge in [0, 0.05) is 5.30 Å². The van der Waals surface area contributed by atoms with Gasteiger partial charge in [0.1, 0.15) is 13.2 Å². The molecule has 0 aromatic heterocycles. The number of carboxylic acids is 1. The molecule has 0 bridgehead atoms. The van der Waals surface area contributed by atoms with Gasteiger partial charge >= 0.3 is 5.97 Å². The zero-order valence-corrected chi connectivity index (χ0v) is 10.3. The molecule has 1 aromatic rings. The van der Waals surface area contributed by atoms with Crippen molar-refractivity contribution in [2.75, 3.05) is 13.3 Å². The monoisotopic (exact) mass is 241 g/mol. The lowest BCUT2D eigenvalue weighted by Gasteiger charge is -2.09. The van der Waals surface area contributed by atoms with Crippen LogP contribution in [-0.2, 0) is 15.8 Å². The molecule has 0 aliphatic rings. The molecule has 1 atom stereocenters. The molecule has 0 fully saturated rings. The summed E-state index contributed by atoms with van der Waals surface area (Å²) in [6.45, 7) is 3.40. The summed E-state index contributed by atoms with van der Waals surface area (Å²) in [7, 11) is -2.24.